The lowest BCUT2D eigenvalue weighted by atomic mass is 10.1. The molecule has 1 aliphatic heterocycles. The molecular weight excluding hydrogens is 270 g/mol. The highest BCUT2D eigenvalue weighted by molar-refractivity contribution is 6.61. The van der Waals surface area contributed by atoms with Crippen molar-refractivity contribution < 1.29 is 14.8 Å². The van der Waals surface area contributed by atoms with E-state index in [1.807, 2.05) is 13.8 Å². The highest BCUT2D eigenvalue weighted by atomic mass is 16.3. The molecule has 112 valence electrons. The van der Waals surface area contributed by atoms with Crippen LogP contribution in [-0.4, -0.2) is 45.3 Å². The Morgan fingerprint density at radius 2 is 2.10 bits per heavy atom. The van der Waals surface area contributed by atoms with E-state index in [0.29, 0.717) is 22.6 Å². The number of hydrogen-bond acceptors (Lipinski definition) is 6. The van der Waals surface area contributed by atoms with Gasteiger partial charge in [-0.2, -0.15) is 0 Å². The van der Waals surface area contributed by atoms with Gasteiger partial charge in [-0.15, -0.1) is 4.59 Å². The van der Waals surface area contributed by atoms with E-state index in [1.54, 1.807) is 13.0 Å². The van der Waals surface area contributed by atoms with E-state index in [2.05, 4.69) is 10.1 Å². The Labute approximate surface area is 123 Å². The molecule has 1 atom stereocenters. The maximum atomic E-state index is 9.60. The third-order valence-corrected chi connectivity index (χ3v) is 3.67. The summed E-state index contributed by atoms with van der Waals surface area (Å²) in [5.41, 5.74) is 7.64. The first-order chi connectivity index (χ1) is 9.81. The predicted molar refractivity (Wildman–Crippen MR) is 83.1 cm³/mol. The summed E-state index contributed by atoms with van der Waals surface area (Å²) in [4.78, 5) is 4.35. The SMILES string of the molecule is Cc1cc(N=C2C=N[N+](CO)(C(C)C)C2=N)c(N)cc1O. The number of aromatic hydroxyl groups is 1. The molecule has 5 N–H and O–H groups in total. The summed E-state index contributed by atoms with van der Waals surface area (Å²) in [5.74, 6) is 0.229. The molecule has 7 heteroatoms. The zero-order valence-electron chi connectivity index (χ0n) is 12.3. The second-order valence-corrected chi connectivity index (χ2v) is 5.35. The summed E-state index contributed by atoms with van der Waals surface area (Å²) >= 11 is 0. The number of aliphatic hydroxyl groups excluding tert-OH is 1. The van der Waals surface area contributed by atoms with Crippen molar-refractivity contribution in [2.45, 2.75) is 26.8 Å². The van der Waals surface area contributed by atoms with Gasteiger partial charge in [-0.3, -0.25) is 0 Å². The minimum Gasteiger partial charge on any atom is -0.508 e. The van der Waals surface area contributed by atoms with Gasteiger partial charge in [-0.25, -0.2) is 10.4 Å². The molecule has 0 saturated heterocycles. The number of hydrogen-bond donors (Lipinski definition) is 4. The van der Waals surface area contributed by atoms with Crippen molar-refractivity contribution in [3.63, 3.8) is 0 Å². The van der Waals surface area contributed by atoms with Gasteiger partial charge >= 0.3 is 0 Å². The molecule has 0 amide bonds. The lowest BCUT2D eigenvalue weighted by molar-refractivity contribution is -0.885. The van der Waals surface area contributed by atoms with Crippen molar-refractivity contribution in [2.24, 2.45) is 10.1 Å². The molecule has 1 unspecified atom stereocenters. The number of nitrogen functional groups attached to an aromatic ring is 1. The average molecular weight is 290 g/mol. The topological polar surface area (TPSA) is 115 Å². The molecule has 0 spiro atoms. The van der Waals surface area contributed by atoms with Gasteiger partial charge in [-0.05, 0) is 32.4 Å². The Bertz CT molecular complexity index is 651. The van der Waals surface area contributed by atoms with Gasteiger partial charge in [0.15, 0.2) is 5.71 Å². The number of aryl methyl sites for hydroxylation is 1. The van der Waals surface area contributed by atoms with Gasteiger partial charge in [0.25, 0.3) is 5.84 Å². The third kappa shape index (κ3) is 2.41. The van der Waals surface area contributed by atoms with E-state index in [-0.39, 0.29) is 28.9 Å². The van der Waals surface area contributed by atoms with Crippen LogP contribution in [0.1, 0.15) is 19.4 Å². The van der Waals surface area contributed by atoms with Crippen LogP contribution in [0.3, 0.4) is 0 Å². The fraction of sp³-hybridized carbons (Fsp3) is 0.357. The molecule has 0 bridgehead atoms. The van der Waals surface area contributed by atoms with Crippen LogP contribution in [0, 0.1) is 12.3 Å². The van der Waals surface area contributed by atoms with E-state index in [4.69, 9.17) is 11.1 Å². The van der Waals surface area contributed by atoms with Crippen LogP contribution in [0.15, 0.2) is 22.2 Å². The molecule has 0 saturated carbocycles. The van der Waals surface area contributed by atoms with Gasteiger partial charge in [0.1, 0.15) is 18.0 Å². The number of benzene rings is 1. The molecule has 2 rings (SSSR count). The largest absolute Gasteiger partial charge is 0.508 e. The average Bonchev–Trinajstić information content (AvgIpc) is 2.74. The fourth-order valence-electron chi connectivity index (χ4n) is 2.14. The van der Waals surface area contributed by atoms with E-state index < -0.39 is 0 Å². The minimum atomic E-state index is -0.296. The van der Waals surface area contributed by atoms with Crippen LogP contribution in [0.5, 0.6) is 5.75 Å². The third-order valence-electron chi connectivity index (χ3n) is 3.67. The first kappa shape index (κ1) is 15.1. The standard InChI is InChI=1S/C14H19N5O2/c1-8(2)19(7-20)14(16)12(6-17-19)18-11-4-9(3)13(21)5-10(11)15/h4-6,8,20H,7H2,1-3H3,(H3-,15,16,17,21)/p+1. The number of aliphatic hydroxyl groups is 1. The number of rotatable bonds is 3. The molecule has 0 radical (unpaired) electrons. The van der Waals surface area contributed by atoms with E-state index in [1.165, 1.54) is 12.3 Å². The number of nitrogens with one attached hydrogen (secondary N) is 1. The monoisotopic (exact) mass is 290 g/mol. The minimum absolute atomic E-state index is 0.0784. The van der Waals surface area contributed by atoms with Gasteiger partial charge in [0.2, 0.25) is 6.73 Å². The predicted octanol–water partition coefficient (Wildman–Crippen LogP) is 1.51. The van der Waals surface area contributed by atoms with Crippen LogP contribution in [0.25, 0.3) is 0 Å². The summed E-state index contributed by atoms with van der Waals surface area (Å²) in [6.07, 6.45) is 1.47. The van der Waals surface area contributed by atoms with Crippen LogP contribution in [0.2, 0.25) is 0 Å². The number of phenolic OH excluding ortho intramolecular Hbond substituents is 1. The molecule has 1 heterocycles. The lowest BCUT2D eigenvalue weighted by Gasteiger charge is -2.28. The van der Waals surface area contributed by atoms with Crippen LogP contribution in [0.4, 0.5) is 11.4 Å². The molecule has 0 fully saturated rings. The molecule has 0 aliphatic carbocycles. The maximum absolute atomic E-state index is 9.60. The summed E-state index contributed by atoms with van der Waals surface area (Å²) in [5, 5.41) is 31.6. The normalized spacial score (nSPS) is 23.5. The van der Waals surface area contributed by atoms with Gasteiger partial charge in [0, 0.05) is 6.07 Å². The highest BCUT2D eigenvalue weighted by Gasteiger charge is 2.44. The number of quaternary nitrogens is 1. The fourth-order valence-corrected chi connectivity index (χ4v) is 2.14. The van der Waals surface area contributed by atoms with E-state index >= 15 is 0 Å². The smallest absolute Gasteiger partial charge is 0.277 e. The molecular formula is C14H20N5O2+. The van der Waals surface area contributed by atoms with E-state index in [9.17, 15) is 10.2 Å². The molecule has 1 aliphatic rings. The van der Waals surface area contributed by atoms with Crippen molar-refractivity contribution in [1.29, 1.82) is 5.41 Å². The molecule has 1 aromatic rings. The second-order valence-electron chi connectivity index (χ2n) is 5.35. The lowest BCUT2D eigenvalue weighted by Crippen LogP contribution is -2.52. The van der Waals surface area contributed by atoms with Gasteiger partial charge in [0.05, 0.1) is 11.4 Å². The Morgan fingerprint density at radius 3 is 2.62 bits per heavy atom. The number of phenols is 1. The van der Waals surface area contributed by atoms with Gasteiger partial charge < -0.3 is 15.9 Å². The Hall–Kier alpha value is -2.25. The first-order valence-corrected chi connectivity index (χ1v) is 6.63. The molecule has 7 nitrogen and oxygen atoms in total. The van der Waals surface area contributed by atoms with E-state index in [0.717, 1.165) is 0 Å². The Balaban J connectivity index is 2.44. The number of aliphatic imine (C=N–C) groups is 1. The summed E-state index contributed by atoms with van der Waals surface area (Å²) < 4.78 is -0.199. The second kappa shape index (κ2) is 5.27. The summed E-state index contributed by atoms with van der Waals surface area (Å²) in [6.45, 7) is 5.21. The Morgan fingerprint density at radius 1 is 1.43 bits per heavy atom. The number of anilines is 1. The maximum Gasteiger partial charge on any atom is 0.277 e. The highest BCUT2D eigenvalue weighted by Crippen LogP contribution is 2.31. The van der Waals surface area contributed by atoms with Gasteiger partial charge in [-0.1, -0.05) is 5.10 Å². The molecule has 21 heavy (non-hydrogen) atoms. The van der Waals surface area contributed by atoms with Crippen LogP contribution >= 0.6 is 0 Å². The van der Waals surface area contributed by atoms with Crippen molar-refractivity contribution in [1.82, 2.24) is 0 Å². The molecule has 1 aromatic carbocycles. The quantitative estimate of drug-likeness (QED) is 0.499. The zero-order chi connectivity index (χ0) is 15.8. The summed E-state index contributed by atoms with van der Waals surface area (Å²) in [7, 11) is 0. The van der Waals surface area contributed by atoms with Crippen molar-refractivity contribution >= 4 is 29.1 Å². The first-order valence-electron chi connectivity index (χ1n) is 6.63. The van der Waals surface area contributed by atoms with Crippen molar-refractivity contribution in [2.75, 3.05) is 12.5 Å². The zero-order valence-corrected chi connectivity index (χ0v) is 12.3. The van der Waals surface area contributed by atoms with Crippen molar-refractivity contribution in [3.8, 4) is 5.75 Å². The van der Waals surface area contributed by atoms with Crippen molar-refractivity contribution in [3.05, 3.63) is 17.7 Å². The van der Waals surface area contributed by atoms with Crippen LogP contribution < -0.4 is 5.73 Å². The Kier molecular flexibility index (Phi) is 3.80. The summed E-state index contributed by atoms with van der Waals surface area (Å²) in [6, 6.07) is 3.01. The number of nitrogens with two attached hydrogens (primary N) is 1. The number of amidine groups is 1. The number of nitrogens with zero attached hydrogens (tertiary/aromatic N) is 3. The molecule has 0 aromatic heterocycles. The van der Waals surface area contributed by atoms with Crippen LogP contribution in [-0.2, 0) is 0 Å².